The molecule has 0 heterocycles. The first kappa shape index (κ1) is 13.5. The molecule has 3 N–H and O–H groups in total. The van der Waals surface area contributed by atoms with Gasteiger partial charge in [0.15, 0.2) is 0 Å². The van der Waals surface area contributed by atoms with E-state index in [0.717, 1.165) is 21.8 Å². The minimum Gasteiger partial charge on any atom is -0.397 e. The third kappa shape index (κ3) is 3.79. The van der Waals surface area contributed by atoms with Crippen molar-refractivity contribution in [2.24, 2.45) is 0 Å². The van der Waals surface area contributed by atoms with E-state index < -0.39 is 0 Å². The van der Waals surface area contributed by atoms with E-state index in [9.17, 15) is 4.79 Å². The molecule has 1 aromatic carbocycles. The Morgan fingerprint density at radius 3 is 2.69 bits per heavy atom. The van der Waals surface area contributed by atoms with Gasteiger partial charge < -0.3 is 11.1 Å². The van der Waals surface area contributed by atoms with Crippen LogP contribution in [0.5, 0.6) is 0 Å². The summed E-state index contributed by atoms with van der Waals surface area (Å²) in [7, 11) is 0. The predicted molar refractivity (Wildman–Crippen MR) is 74.4 cm³/mol. The molecule has 0 spiro atoms. The molecule has 0 fully saturated rings. The Morgan fingerprint density at radius 1 is 1.44 bits per heavy atom. The molecule has 0 bridgehead atoms. The van der Waals surface area contributed by atoms with Gasteiger partial charge in [0.05, 0.1) is 11.4 Å². The van der Waals surface area contributed by atoms with Crippen LogP contribution in [-0.4, -0.2) is 5.91 Å². The summed E-state index contributed by atoms with van der Waals surface area (Å²) in [6.45, 7) is 2.05. The van der Waals surface area contributed by atoms with E-state index in [1.54, 1.807) is 6.07 Å². The van der Waals surface area contributed by atoms with Gasteiger partial charge in [0, 0.05) is 15.4 Å². The Kier molecular flexibility index (Phi) is 5.28. The fourth-order valence-electron chi connectivity index (χ4n) is 1.26. The van der Waals surface area contributed by atoms with Gasteiger partial charge in [-0.15, -0.1) is 0 Å². The van der Waals surface area contributed by atoms with Gasteiger partial charge in [0.1, 0.15) is 0 Å². The summed E-state index contributed by atoms with van der Waals surface area (Å²) < 4.78 is 1.66. The number of nitrogen functional groups attached to an aromatic ring is 1. The number of benzene rings is 1. The molecule has 1 amide bonds. The number of hydrogen-bond donors (Lipinski definition) is 2. The van der Waals surface area contributed by atoms with Crippen LogP contribution in [0.15, 0.2) is 21.1 Å². The molecule has 0 atom stereocenters. The molecule has 16 heavy (non-hydrogen) atoms. The molecular formula is C11H14Br2N2O. The van der Waals surface area contributed by atoms with Gasteiger partial charge in [0.25, 0.3) is 0 Å². The highest BCUT2D eigenvalue weighted by Gasteiger charge is 2.09. The lowest BCUT2D eigenvalue weighted by molar-refractivity contribution is -0.116. The number of nitrogens with two attached hydrogens (primary N) is 1. The Labute approximate surface area is 112 Å². The van der Waals surface area contributed by atoms with E-state index in [4.69, 9.17) is 5.73 Å². The average Bonchev–Trinajstić information content (AvgIpc) is 2.20. The van der Waals surface area contributed by atoms with Crippen LogP contribution in [-0.2, 0) is 4.79 Å². The number of halogens is 2. The van der Waals surface area contributed by atoms with E-state index >= 15 is 0 Å². The topological polar surface area (TPSA) is 55.1 Å². The molecule has 1 aromatic rings. The highest BCUT2D eigenvalue weighted by atomic mass is 79.9. The third-order valence-electron chi connectivity index (χ3n) is 2.11. The summed E-state index contributed by atoms with van der Waals surface area (Å²) >= 11 is 6.70. The second kappa shape index (κ2) is 6.25. The molecule has 5 heteroatoms. The zero-order chi connectivity index (χ0) is 12.1. The van der Waals surface area contributed by atoms with Gasteiger partial charge in [-0.05, 0) is 34.5 Å². The highest BCUT2D eigenvalue weighted by Crippen LogP contribution is 2.32. The smallest absolute Gasteiger partial charge is 0.224 e. The number of anilines is 2. The van der Waals surface area contributed by atoms with Crippen LogP contribution in [0, 0.1) is 0 Å². The lowest BCUT2D eigenvalue weighted by Crippen LogP contribution is -2.13. The van der Waals surface area contributed by atoms with Crippen molar-refractivity contribution in [3.05, 3.63) is 21.1 Å². The Bertz CT molecular complexity index is 371. The fourth-order valence-corrected chi connectivity index (χ4v) is 2.62. The summed E-state index contributed by atoms with van der Waals surface area (Å²) in [6, 6.07) is 3.62. The van der Waals surface area contributed by atoms with Crippen molar-refractivity contribution in [2.75, 3.05) is 11.1 Å². The lowest BCUT2D eigenvalue weighted by Gasteiger charge is -2.10. The van der Waals surface area contributed by atoms with Crippen LogP contribution < -0.4 is 11.1 Å². The van der Waals surface area contributed by atoms with Crippen molar-refractivity contribution in [2.45, 2.75) is 26.2 Å². The first-order valence-electron chi connectivity index (χ1n) is 5.09. The lowest BCUT2D eigenvalue weighted by atomic mass is 10.2. The molecule has 1 rings (SSSR count). The van der Waals surface area contributed by atoms with Crippen molar-refractivity contribution in [3.8, 4) is 0 Å². The van der Waals surface area contributed by atoms with Crippen LogP contribution >= 0.6 is 31.9 Å². The highest BCUT2D eigenvalue weighted by molar-refractivity contribution is 9.11. The van der Waals surface area contributed by atoms with Gasteiger partial charge in [-0.25, -0.2) is 0 Å². The maximum absolute atomic E-state index is 11.6. The Hall–Kier alpha value is -0.550. The van der Waals surface area contributed by atoms with Crippen molar-refractivity contribution < 1.29 is 4.79 Å². The number of unbranched alkanes of at least 4 members (excludes halogenated alkanes) is 1. The quantitative estimate of drug-likeness (QED) is 0.809. The summed E-state index contributed by atoms with van der Waals surface area (Å²) in [5.41, 5.74) is 7.01. The third-order valence-corrected chi connectivity index (χ3v) is 3.19. The number of carbonyl (C=O) groups is 1. The van der Waals surface area contributed by atoms with E-state index in [1.807, 2.05) is 6.07 Å². The second-order valence-corrected chi connectivity index (χ2v) is 5.27. The van der Waals surface area contributed by atoms with Crippen LogP contribution in [0.1, 0.15) is 26.2 Å². The molecule has 0 saturated heterocycles. The molecule has 0 radical (unpaired) electrons. The van der Waals surface area contributed by atoms with Crippen LogP contribution in [0.25, 0.3) is 0 Å². The zero-order valence-corrected chi connectivity index (χ0v) is 12.2. The molecule has 0 aliphatic heterocycles. The van der Waals surface area contributed by atoms with Gasteiger partial charge in [-0.2, -0.15) is 0 Å². The number of carbonyl (C=O) groups excluding carboxylic acids is 1. The van der Waals surface area contributed by atoms with Crippen LogP contribution in [0.2, 0.25) is 0 Å². The number of rotatable bonds is 4. The Morgan fingerprint density at radius 2 is 2.12 bits per heavy atom. The maximum Gasteiger partial charge on any atom is 0.224 e. The molecule has 0 unspecified atom stereocenters. The zero-order valence-electron chi connectivity index (χ0n) is 9.02. The second-order valence-electron chi connectivity index (χ2n) is 3.50. The number of nitrogens with one attached hydrogen (secondary N) is 1. The molecule has 0 aliphatic carbocycles. The first-order chi connectivity index (χ1) is 7.54. The van der Waals surface area contributed by atoms with E-state index in [1.165, 1.54) is 0 Å². The SMILES string of the molecule is CCCCC(=O)Nc1c(N)cc(Br)cc1Br. The van der Waals surface area contributed by atoms with Gasteiger partial charge in [-0.1, -0.05) is 29.3 Å². The van der Waals surface area contributed by atoms with E-state index in [2.05, 4.69) is 44.1 Å². The summed E-state index contributed by atoms with van der Waals surface area (Å²) in [5.74, 6) is -0.00317. The van der Waals surface area contributed by atoms with Crippen LogP contribution in [0.4, 0.5) is 11.4 Å². The van der Waals surface area contributed by atoms with Crippen molar-refractivity contribution >= 4 is 49.1 Å². The average molecular weight is 350 g/mol. The van der Waals surface area contributed by atoms with E-state index in [0.29, 0.717) is 17.8 Å². The predicted octanol–water partition coefficient (Wildman–Crippen LogP) is 3.92. The number of amides is 1. The summed E-state index contributed by atoms with van der Waals surface area (Å²) in [6.07, 6.45) is 2.42. The first-order valence-corrected chi connectivity index (χ1v) is 6.67. The molecule has 0 aliphatic rings. The minimum atomic E-state index is -0.00317. The van der Waals surface area contributed by atoms with Gasteiger partial charge in [0.2, 0.25) is 5.91 Å². The normalized spacial score (nSPS) is 10.2. The van der Waals surface area contributed by atoms with Crippen molar-refractivity contribution in [1.29, 1.82) is 0 Å². The molecule has 3 nitrogen and oxygen atoms in total. The van der Waals surface area contributed by atoms with Crippen LogP contribution in [0.3, 0.4) is 0 Å². The Balaban J connectivity index is 2.77. The molecular weight excluding hydrogens is 336 g/mol. The molecule has 88 valence electrons. The largest absolute Gasteiger partial charge is 0.397 e. The van der Waals surface area contributed by atoms with Crippen molar-refractivity contribution in [1.82, 2.24) is 0 Å². The monoisotopic (exact) mass is 348 g/mol. The number of hydrogen-bond acceptors (Lipinski definition) is 2. The fraction of sp³-hybridized carbons (Fsp3) is 0.364. The minimum absolute atomic E-state index is 0.00317. The summed E-state index contributed by atoms with van der Waals surface area (Å²) in [4.78, 5) is 11.6. The maximum atomic E-state index is 11.6. The summed E-state index contributed by atoms with van der Waals surface area (Å²) in [5, 5.41) is 2.81. The molecule has 0 saturated carbocycles. The van der Waals surface area contributed by atoms with E-state index in [-0.39, 0.29) is 5.91 Å². The van der Waals surface area contributed by atoms with Gasteiger partial charge >= 0.3 is 0 Å². The van der Waals surface area contributed by atoms with Gasteiger partial charge in [-0.3, -0.25) is 4.79 Å². The standard InChI is InChI=1S/C11H14Br2N2O/c1-2-3-4-10(16)15-11-8(13)5-7(12)6-9(11)14/h5-6H,2-4,14H2,1H3,(H,15,16). The molecule has 0 aromatic heterocycles. The van der Waals surface area contributed by atoms with Crippen molar-refractivity contribution in [3.63, 3.8) is 0 Å².